The van der Waals surface area contributed by atoms with E-state index in [2.05, 4.69) is 10.6 Å². The van der Waals surface area contributed by atoms with Crippen molar-refractivity contribution in [2.24, 2.45) is 0 Å². The average Bonchev–Trinajstić information content (AvgIpc) is 3.13. The molecule has 0 unspecified atom stereocenters. The minimum absolute atomic E-state index is 0.0131. The first-order chi connectivity index (χ1) is 14.0. The molecule has 0 radical (unpaired) electrons. The van der Waals surface area contributed by atoms with Crippen LogP contribution in [-0.4, -0.2) is 37.0 Å². The highest BCUT2D eigenvalue weighted by molar-refractivity contribution is 6.08. The molecule has 3 aromatic rings. The first kappa shape index (κ1) is 20.4. The Morgan fingerprint density at radius 2 is 1.93 bits per heavy atom. The van der Waals surface area contributed by atoms with Gasteiger partial charge in [0.05, 0.1) is 12.7 Å². The summed E-state index contributed by atoms with van der Waals surface area (Å²) in [4.78, 5) is 35.9. The fraction of sp³-hybridized carbons (Fsp3) is 0.318. The number of furan rings is 1. The fourth-order valence-electron chi connectivity index (χ4n) is 3.11. The highest BCUT2D eigenvalue weighted by Gasteiger charge is 2.18. The third-order valence-electron chi connectivity index (χ3n) is 4.56. The SMILES string of the molecule is CCCNC(=O)[C@H](C)NC(=O)COC(=O)Cc1coc2ccc3ccccc3c12. The molecule has 0 aliphatic heterocycles. The summed E-state index contributed by atoms with van der Waals surface area (Å²) in [5, 5.41) is 8.11. The molecular formula is C22H24N2O5. The number of benzene rings is 2. The highest BCUT2D eigenvalue weighted by atomic mass is 16.5. The molecule has 152 valence electrons. The predicted molar refractivity (Wildman–Crippen MR) is 109 cm³/mol. The number of amides is 2. The lowest BCUT2D eigenvalue weighted by Crippen LogP contribution is -2.46. The quantitative estimate of drug-likeness (QED) is 0.571. The van der Waals surface area contributed by atoms with Gasteiger partial charge in [0.1, 0.15) is 11.6 Å². The fourth-order valence-corrected chi connectivity index (χ4v) is 3.11. The topological polar surface area (TPSA) is 97.6 Å². The van der Waals surface area contributed by atoms with Crippen molar-refractivity contribution in [2.45, 2.75) is 32.7 Å². The monoisotopic (exact) mass is 396 g/mol. The molecule has 1 atom stereocenters. The first-order valence-corrected chi connectivity index (χ1v) is 9.60. The Morgan fingerprint density at radius 3 is 2.72 bits per heavy atom. The van der Waals surface area contributed by atoms with Crippen molar-refractivity contribution in [2.75, 3.05) is 13.2 Å². The number of carbonyl (C=O) groups is 3. The molecule has 0 bridgehead atoms. The van der Waals surface area contributed by atoms with E-state index in [0.717, 1.165) is 22.6 Å². The molecule has 7 nitrogen and oxygen atoms in total. The molecule has 0 aliphatic rings. The zero-order valence-electron chi connectivity index (χ0n) is 16.5. The van der Waals surface area contributed by atoms with Crippen molar-refractivity contribution in [1.82, 2.24) is 10.6 Å². The highest BCUT2D eigenvalue weighted by Crippen LogP contribution is 2.30. The van der Waals surface area contributed by atoms with Crippen LogP contribution in [0.3, 0.4) is 0 Å². The third-order valence-corrected chi connectivity index (χ3v) is 4.56. The van der Waals surface area contributed by atoms with Gasteiger partial charge in [0.25, 0.3) is 5.91 Å². The van der Waals surface area contributed by atoms with Crippen molar-refractivity contribution >= 4 is 39.5 Å². The summed E-state index contributed by atoms with van der Waals surface area (Å²) in [5.74, 6) is -1.35. The van der Waals surface area contributed by atoms with Crippen LogP contribution in [-0.2, 0) is 25.5 Å². The molecule has 0 saturated heterocycles. The van der Waals surface area contributed by atoms with Gasteiger partial charge in [0.15, 0.2) is 6.61 Å². The molecule has 7 heteroatoms. The molecule has 2 N–H and O–H groups in total. The van der Waals surface area contributed by atoms with E-state index in [1.807, 2.05) is 43.3 Å². The lowest BCUT2D eigenvalue weighted by atomic mass is 10.0. The largest absolute Gasteiger partial charge is 0.464 e. The van der Waals surface area contributed by atoms with E-state index in [9.17, 15) is 14.4 Å². The van der Waals surface area contributed by atoms with E-state index in [1.54, 1.807) is 13.2 Å². The second-order valence-electron chi connectivity index (χ2n) is 6.84. The Kier molecular flexibility index (Phi) is 6.49. The van der Waals surface area contributed by atoms with Crippen LogP contribution in [0, 0.1) is 0 Å². The summed E-state index contributed by atoms with van der Waals surface area (Å²) >= 11 is 0. The molecular weight excluding hydrogens is 372 g/mol. The number of carbonyl (C=O) groups excluding carboxylic acids is 3. The van der Waals surface area contributed by atoms with Crippen LogP contribution in [0.15, 0.2) is 47.1 Å². The van der Waals surface area contributed by atoms with Crippen LogP contribution in [0.25, 0.3) is 21.7 Å². The molecule has 0 saturated carbocycles. The van der Waals surface area contributed by atoms with Crippen LogP contribution in [0.1, 0.15) is 25.8 Å². The van der Waals surface area contributed by atoms with Gasteiger partial charge in [-0.15, -0.1) is 0 Å². The smallest absolute Gasteiger partial charge is 0.310 e. The summed E-state index contributed by atoms with van der Waals surface area (Å²) in [7, 11) is 0. The molecule has 0 spiro atoms. The second kappa shape index (κ2) is 9.23. The summed E-state index contributed by atoms with van der Waals surface area (Å²) < 4.78 is 10.6. The van der Waals surface area contributed by atoms with E-state index < -0.39 is 24.5 Å². The van der Waals surface area contributed by atoms with E-state index in [1.165, 1.54) is 0 Å². The standard InChI is InChI=1S/C22H24N2O5/c1-3-10-23-22(27)14(2)24-19(25)13-29-20(26)11-16-12-28-18-9-8-15-6-4-5-7-17(15)21(16)18/h4-9,12,14H,3,10-11,13H2,1-2H3,(H,23,27)(H,24,25)/t14-/m0/s1. The summed E-state index contributed by atoms with van der Waals surface area (Å²) in [5.41, 5.74) is 1.39. The van der Waals surface area contributed by atoms with Crippen LogP contribution < -0.4 is 10.6 Å². The molecule has 3 rings (SSSR count). The first-order valence-electron chi connectivity index (χ1n) is 9.60. The van der Waals surface area contributed by atoms with Gasteiger partial charge >= 0.3 is 5.97 Å². The number of rotatable bonds is 8. The molecule has 2 aromatic carbocycles. The van der Waals surface area contributed by atoms with E-state index >= 15 is 0 Å². The molecule has 0 aliphatic carbocycles. The Hall–Kier alpha value is -3.35. The molecule has 1 aromatic heterocycles. The van der Waals surface area contributed by atoms with E-state index in [0.29, 0.717) is 17.7 Å². The van der Waals surface area contributed by atoms with Crippen molar-refractivity contribution < 1.29 is 23.5 Å². The predicted octanol–water partition coefficient (Wildman–Crippen LogP) is 2.70. The average molecular weight is 396 g/mol. The summed E-state index contributed by atoms with van der Waals surface area (Å²) in [6, 6.07) is 11.0. The number of nitrogens with one attached hydrogen (secondary N) is 2. The number of hydrogen-bond acceptors (Lipinski definition) is 5. The number of ether oxygens (including phenoxy) is 1. The van der Waals surface area contributed by atoms with Gasteiger partial charge in [0, 0.05) is 17.5 Å². The van der Waals surface area contributed by atoms with E-state index in [4.69, 9.17) is 9.15 Å². The van der Waals surface area contributed by atoms with Gasteiger partial charge < -0.3 is 19.8 Å². The van der Waals surface area contributed by atoms with Crippen LogP contribution in [0.5, 0.6) is 0 Å². The maximum absolute atomic E-state index is 12.2. The zero-order chi connectivity index (χ0) is 20.8. The maximum Gasteiger partial charge on any atom is 0.310 e. The molecule has 29 heavy (non-hydrogen) atoms. The van der Waals surface area contributed by atoms with Gasteiger partial charge in [-0.3, -0.25) is 14.4 Å². The van der Waals surface area contributed by atoms with Crippen molar-refractivity contribution in [3.05, 3.63) is 48.2 Å². The van der Waals surface area contributed by atoms with Gasteiger partial charge in [-0.1, -0.05) is 37.3 Å². The van der Waals surface area contributed by atoms with E-state index in [-0.39, 0.29) is 12.3 Å². The second-order valence-corrected chi connectivity index (χ2v) is 6.84. The Balaban J connectivity index is 1.58. The number of hydrogen-bond donors (Lipinski definition) is 2. The normalized spacial score (nSPS) is 11.9. The minimum atomic E-state index is -0.697. The zero-order valence-corrected chi connectivity index (χ0v) is 16.5. The Bertz CT molecular complexity index is 1040. The molecule has 0 fully saturated rings. The van der Waals surface area contributed by atoms with Crippen molar-refractivity contribution in [3.8, 4) is 0 Å². The van der Waals surface area contributed by atoms with Gasteiger partial charge in [-0.25, -0.2) is 0 Å². The molecule has 2 amide bonds. The summed E-state index contributed by atoms with van der Waals surface area (Å²) in [6.45, 7) is 3.62. The van der Waals surface area contributed by atoms with Crippen molar-refractivity contribution in [3.63, 3.8) is 0 Å². The van der Waals surface area contributed by atoms with Gasteiger partial charge in [-0.05, 0) is 30.2 Å². The van der Waals surface area contributed by atoms with Crippen LogP contribution in [0.2, 0.25) is 0 Å². The van der Waals surface area contributed by atoms with Gasteiger partial charge in [-0.2, -0.15) is 0 Å². The lowest BCUT2D eigenvalue weighted by Gasteiger charge is -2.13. The number of fused-ring (bicyclic) bond motifs is 3. The van der Waals surface area contributed by atoms with Gasteiger partial charge in [0.2, 0.25) is 5.91 Å². The minimum Gasteiger partial charge on any atom is -0.464 e. The van der Waals surface area contributed by atoms with Crippen LogP contribution >= 0.6 is 0 Å². The summed E-state index contributed by atoms with van der Waals surface area (Å²) in [6.07, 6.45) is 2.33. The Morgan fingerprint density at radius 1 is 1.14 bits per heavy atom. The van der Waals surface area contributed by atoms with Crippen LogP contribution in [0.4, 0.5) is 0 Å². The maximum atomic E-state index is 12.2. The Labute approximate surface area is 168 Å². The third kappa shape index (κ3) is 4.93. The number of esters is 1. The lowest BCUT2D eigenvalue weighted by molar-refractivity contribution is -0.148. The van der Waals surface area contributed by atoms with Crippen molar-refractivity contribution in [1.29, 1.82) is 0 Å². The molecule has 1 heterocycles.